The summed E-state index contributed by atoms with van der Waals surface area (Å²) < 4.78 is 16.6. The van der Waals surface area contributed by atoms with Crippen LogP contribution in [0.15, 0.2) is 0 Å². The van der Waals surface area contributed by atoms with E-state index in [4.69, 9.17) is 25.8 Å². The molecule has 1 aliphatic carbocycles. The molecule has 1 saturated heterocycles. The Morgan fingerprint density at radius 2 is 1.79 bits per heavy atom. The number of epoxide rings is 1. The molecule has 0 bridgehead atoms. The lowest BCUT2D eigenvalue weighted by Gasteiger charge is -2.22. The molecule has 0 N–H and O–H groups in total. The van der Waals surface area contributed by atoms with Gasteiger partial charge in [0.1, 0.15) is 4.32 Å². The Hall–Kier alpha value is 0.337. The number of rotatable bonds is 9. The van der Waals surface area contributed by atoms with Gasteiger partial charge < -0.3 is 18.5 Å². The van der Waals surface area contributed by atoms with Crippen LogP contribution in [0.3, 0.4) is 0 Å². The summed E-state index contributed by atoms with van der Waals surface area (Å²) in [4.78, 5) is 2.26. The zero-order valence-corrected chi connectivity index (χ0v) is 18.8. The van der Waals surface area contributed by atoms with Gasteiger partial charge in [0, 0.05) is 32.1 Å². The summed E-state index contributed by atoms with van der Waals surface area (Å²) in [5.74, 6) is 2.06. The van der Waals surface area contributed by atoms with E-state index in [1.807, 2.05) is 25.6 Å². The van der Waals surface area contributed by atoms with Gasteiger partial charge in [-0.25, -0.2) is 0 Å². The highest BCUT2D eigenvalue weighted by molar-refractivity contribution is 8.22. The molecule has 3 atom stereocenters. The Bertz CT molecular complexity index is 342. The quantitative estimate of drug-likeness (QED) is 0.259. The van der Waals surface area contributed by atoms with Crippen LogP contribution in [-0.2, 0) is 13.6 Å². The van der Waals surface area contributed by atoms with E-state index >= 15 is 0 Å². The summed E-state index contributed by atoms with van der Waals surface area (Å²) in [5.41, 5.74) is 0. The van der Waals surface area contributed by atoms with Gasteiger partial charge in [-0.1, -0.05) is 24.0 Å². The summed E-state index contributed by atoms with van der Waals surface area (Å²) in [6.45, 7) is 12.0. The first-order chi connectivity index (χ1) is 11.7. The van der Waals surface area contributed by atoms with E-state index in [2.05, 4.69) is 18.7 Å². The predicted molar refractivity (Wildman–Crippen MR) is 110 cm³/mol. The smallest absolute Gasteiger partial charge is 0.304 e. The van der Waals surface area contributed by atoms with Gasteiger partial charge in [0.2, 0.25) is 0 Å². The maximum atomic E-state index is 5.57. The maximum Gasteiger partial charge on any atom is 0.304 e. The van der Waals surface area contributed by atoms with E-state index in [0.717, 1.165) is 36.5 Å². The van der Waals surface area contributed by atoms with Crippen LogP contribution in [0.4, 0.5) is 0 Å². The van der Waals surface area contributed by atoms with Gasteiger partial charge in [-0.15, -0.1) is 0 Å². The second-order valence-electron chi connectivity index (χ2n) is 6.07. The van der Waals surface area contributed by atoms with Crippen LogP contribution in [0.25, 0.3) is 0 Å². The number of ether oxygens (including phenoxy) is 1. The molecule has 4 nitrogen and oxygen atoms in total. The average molecular weight is 394 g/mol. The highest BCUT2D eigenvalue weighted by atomic mass is 32.2. The highest BCUT2D eigenvalue weighted by Gasteiger charge is 2.43. The molecule has 1 heterocycles. The maximum absolute atomic E-state index is 5.57. The molecular formula is C17H35NO3S2Si. The van der Waals surface area contributed by atoms with E-state index < -0.39 is 10.0 Å². The Kier molecular flexibility index (Phi) is 12.6. The van der Waals surface area contributed by atoms with E-state index in [1.54, 1.807) is 0 Å². The Labute approximate surface area is 160 Å². The largest absolute Gasteiger partial charge is 0.399 e. The van der Waals surface area contributed by atoms with Crippen molar-refractivity contribution in [3.8, 4) is 0 Å². The third kappa shape index (κ3) is 9.15. The number of hydrogen-bond donors (Lipinski definition) is 0. The lowest BCUT2D eigenvalue weighted by molar-refractivity contribution is 0.240. The summed E-state index contributed by atoms with van der Waals surface area (Å²) in [5, 5.41) is 0. The summed E-state index contributed by atoms with van der Waals surface area (Å²) in [6, 6.07) is 0. The van der Waals surface area contributed by atoms with Gasteiger partial charge in [0.05, 0.1) is 12.2 Å². The van der Waals surface area contributed by atoms with E-state index in [0.29, 0.717) is 12.2 Å². The molecule has 0 aromatic heterocycles. The number of thioether (sulfide) groups is 1. The Morgan fingerprint density at radius 3 is 2.33 bits per heavy atom. The minimum absolute atomic E-state index is 0.589. The normalized spacial score (nSPS) is 24.6. The monoisotopic (exact) mass is 393 g/mol. The highest BCUT2D eigenvalue weighted by Crippen LogP contribution is 2.40. The molecule has 24 heavy (non-hydrogen) atoms. The van der Waals surface area contributed by atoms with Gasteiger partial charge in [0.25, 0.3) is 0 Å². The Balaban J connectivity index is 0.000000351. The van der Waals surface area contributed by atoms with Gasteiger partial charge in [-0.2, -0.15) is 0 Å². The minimum atomic E-state index is -0.589. The van der Waals surface area contributed by atoms with Gasteiger partial charge in [-0.05, 0) is 59.3 Å². The van der Waals surface area contributed by atoms with Gasteiger partial charge >= 0.3 is 10.0 Å². The van der Waals surface area contributed by atoms with Gasteiger partial charge in [-0.3, -0.25) is 0 Å². The molecule has 7 heteroatoms. The molecule has 1 saturated carbocycles. The van der Waals surface area contributed by atoms with Crippen molar-refractivity contribution in [3.05, 3.63) is 0 Å². The fourth-order valence-corrected chi connectivity index (χ4v) is 4.89. The predicted octanol–water partition coefficient (Wildman–Crippen LogP) is 3.36. The van der Waals surface area contributed by atoms with E-state index in [-0.39, 0.29) is 0 Å². The van der Waals surface area contributed by atoms with Crippen molar-refractivity contribution in [2.75, 3.05) is 32.1 Å². The third-order valence-electron chi connectivity index (χ3n) is 4.46. The van der Waals surface area contributed by atoms with Crippen LogP contribution in [0, 0.1) is 5.92 Å². The van der Waals surface area contributed by atoms with Crippen molar-refractivity contribution >= 4 is 38.3 Å². The van der Waals surface area contributed by atoms with Crippen LogP contribution >= 0.6 is 24.0 Å². The standard InChI is InChI=1S/C13H23NOS2.C4H12O2Si/c1-3-14(4-2)13(16)17-8-7-10-5-6-11-12(9-10)15-11;1-3-5-7-6-4-2/h10-12H,3-9H2,1-2H3;3-4,7H2,1-2H3. The molecular weight excluding hydrogens is 358 g/mol. The lowest BCUT2D eigenvalue weighted by Crippen LogP contribution is -2.27. The lowest BCUT2D eigenvalue weighted by atomic mass is 9.88. The second kappa shape index (κ2) is 13.5. The number of fused-ring (bicyclic) bond motifs is 1. The molecule has 0 radical (unpaired) electrons. The molecule has 0 aromatic rings. The molecule has 0 spiro atoms. The van der Waals surface area contributed by atoms with Crippen LogP contribution in [-0.4, -0.2) is 63.5 Å². The molecule has 3 unspecified atom stereocenters. The molecule has 1 aliphatic heterocycles. The van der Waals surface area contributed by atoms with Crippen LogP contribution in [0.5, 0.6) is 0 Å². The second-order valence-corrected chi connectivity index (χ2v) is 8.85. The third-order valence-corrected chi connectivity index (χ3v) is 7.17. The molecule has 0 aromatic carbocycles. The topological polar surface area (TPSA) is 34.2 Å². The van der Waals surface area contributed by atoms with E-state index in [9.17, 15) is 0 Å². The molecule has 142 valence electrons. The van der Waals surface area contributed by atoms with Crippen LogP contribution < -0.4 is 0 Å². The number of thiocarbonyl (C=S) groups is 1. The minimum Gasteiger partial charge on any atom is -0.399 e. The summed E-state index contributed by atoms with van der Waals surface area (Å²) >= 11 is 7.29. The Morgan fingerprint density at radius 1 is 1.12 bits per heavy atom. The van der Waals surface area contributed by atoms with Crippen molar-refractivity contribution in [2.45, 2.75) is 65.6 Å². The van der Waals surface area contributed by atoms with Crippen molar-refractivity contribution in [3.63, 3.8) is 0 Å². The molecule has 0 amide bonds. The molecule has 2 rings (SSSR count). The first kappa shape index (κ1) is 22.4. The molecule has 2 fully saturated rings. The van der Waals surface area contributed by atoms with Crippen molar-refractivity contribution in [2.24, 2.45) is 5.92 Å². The van der Waals surface area contributed by atoms with Crippen LogP contribution in [0.2, 0.25) is 0 Å². The zero-order chi connectivity index (χ0) is 17.8. The van der Waals surface area contributed by atoms with Gasteiger partial charge in [0.15, 0.2) is 0 Å². The number of hydrogen-bond acceptors (Lipinski definition) is 5. The average Bonchev–Trinajstić information content (AvgIpc) is 3.36. The fourth-order valence-electron chi connectivity index (χ4n) is 2.86. The van der Waals surface area contributed by atoms with Crippen molar-refractivity contribution < 1.29 is 13.6 Å². The van der Waals surface area contributed by atoms with E-state index in [1.165, 1.54) is 31.4 Å². The summed E-state index contributed by atoms with van der Waals surface area (Å²) in [6.07, 6.45) is 6.51. The first-order valence-corrected chi connectivity index (χ1v) is 11.9. The van der Waals surface area contributed by atoms with Crippen LogP contribution in [0.1, 0.15) is 53.4 Å². The first-order valence-electron chi connectivity index (χ1n) is 9.38. The van der Waals surface area contributed by atoms with Crippen molar-refractivity contribution in [1.29, 1.82) is 0 Å². The summed E-state index contributed by atoms with van der Waals surface area (Å²) in [7, 11) is -0.589. The zero-order valence-electron chi connectivity index (χ0n) is 15.8. The fraction of sp³-hybridized carbons (Fsp3) is 0.941. The number of nitrogens with zero attached hydrogens (tertiary/aromatic N) is 1. The SMILES string of the molecule is CCN(CC)C(=S)SCCC1CCC2OC2C1.CCO[SiH2]OCC. The van der Waals surface area contributed by atoms with Crippen molar-refractivity contribution in [1.82, 2.24) is 4.90 Å². The molecule has 2 aliphatic rings.